The van der Waals surface area contributed by atoms with Crippen molar-refractivity contribution in [3.05, 3.63) is 65.7 Å². The van der Waals surface area contributed by atoms with Crippen LogP contribution in [0.25, 0.3) is 0 Å². The minimum absolute atomic E-state index is 0.422. The number of amides is 1. The van der Waals surface area contributed by atoms with Crippen molar-refractivity contribution in [3.63, 3.8) is 0 Å². The number of methoxy groups -OCH3 is 1. The highest BCUT2D eigenvalue weighted by Crippen LogP contribution is 2.24. The Bertz CT molecular complexity index is 798. The number of alkyl carbamates (subject to hydrolysis) is 1. The van der Waals surface area contributed by atoms with E-state index < -0.39 is 29.8 Å². The summed E-state index contributed by atoms with van der Waals surface area (Å²) in [6.45, 7) is 5.52. The third-order valence-corrected chi connectivity index (χ3v) is 3.95. The number of ether oxygens (including phenoxy) is 3. The van der Waals surface area contributed by atoms with E-state index in [-0.39, 0.29) is 0 Å². The van der Waals surface area contributed by atoms with E-state index in [1.165, 1.54) is 7.11 Å². The Morgan fingerprint density at radius 3 is 2.17 bits per heavy atom. The SMILES string of the molecule is CO[C@@H](c1ccc(OCc2ccccc2)cc1)[C@@H](NC(=O)OC(C)(C)C)C(=O)O. The molecule has 2 aromatic carbocycles. The lowest BCUT2D eigenvalue weighted by Crippen LogP contribution is -2.47. The molecule has 2 atom stereocenters. The molecule has 0 aliphatic heterocycles. The zero-order chi connectivity index (χ0) is 21.4. The fourth-order valence-corrected chi connectivity index (χ4v) is 2.66. The second kappa shape index (κ2) is 9.93. The first-order chi connectivity index (χ1) is 13.7. The molecule has 0 bridgehead atoms. The molecular formula is C22H27NO6. The molecule has 0 radical (unpaired) electrons. The van der Waals surface area contributed by atoms with Gasteiger partial charge in [0.05, 0.1) is 0 Å². The smallest absolute Gasteiger partial charge is 0.408 e. The Balaban J connectivity index is 2.07. The van der Waals surface area contributed by atoms with Crippen molar-refractivity contribution in [2.75, 3.05) is 7.11 Å². The normalized spacial score (nSPS) is 13.2. The molecule has 0 saturated carbocycles. The van der Waals surface area contributed by atoms with Crippen molar-refractivity contribution < 1.29 is 28.9 Å². The molecule has 1 amide bonds. The molecule has 7 heteroatoms. The topological polar surface area (TPSA) is 94.1 Å². The van der Waals surface area contributed by atoms with Crippen LogP contribution in [0.5, 0.6) is 5.75 Å². The predicted molar refractivity (Wildman–Crippen MR) is 108 cm³/mol. The van der Waals surface area contributed by atoms with Gasteiger partial charge in [-0.25, -0.2) is 9.59 Å². The lowest BCUT2D eigenvalue weighted by Gasteiger charge is -2.26. The van der Waals surface area contributed by atoms with Gasteiger partial charge < -0.3 is 24.6 Å². The van der Waals surface area contributed by atoms with Crippen LogP contribution in [0, 0.1) is 0 Å². The van der Waals surface area contributed by atoms with Crippen molar-refractivity contribution in [2.45, 2.75) is 45.1 Å². The maximum absolute atomic E-state index is 12.0. The summed E-state index contributed by atoms with van der Waals surface area (Å²) in [5.74, 6) is -0.591. The number of benzene rings is 2. The van der Waals surface area contributed by atoms with E-state index in [2.05, 4.69) is 5.32 Å². The van der Waals surface area contributed by atoms with Gasteiger partial charge in [-0.3, -0.25) is 0 Å². The number of carboxylic acids is 1. The molecule has 0 aliphatic carbocycles. The van der Waals surface area contributed by atoms with Crippen LogP contribution in [0.2, 0.25) is 0 Å². The fourth-order valence-electron chi connectivity index (χ4n) is 2.66. The Labute approximate surface area is 170 Å². The van der Waals surface area contributed by atoms with Crippen molar-refractivity contribution in [1.82, 2.24) is 5.32 Å². The average Bonchev–Trinajstić information content (AvgIpc) is 2.66. The van der Waals surface area contributed by atoms with Crippen LogP contribution in [0.15, 0.2) is 54.6 Å². The van der Waals surface area contributed by atoms with Crippen molar-refractivity contribution in [1.29, 1.82) is 0 Å². The first kappa shape index (κ1) is 22.2. The monoisotopic (exact) mass is 401 g/mol. The molecule has 2 aromatic rings. The number of aliphatic carboxylic acids is 1. The first-order valence-corrected chi connectivity index (χ1v) is 9.21. The molecule has 0 unspecified atom stereocenters. The Morgan fingerprint density at radius 1 is 1.03 bits per heavy atom. The number of carboxylic acid groups (broad SMARTS) is 1. The fraction of sp³-hybridized carbons (Fsp3) is 0.364. The van der Waals surface area contributed by atoms with E-state index in [4.69, 9.17) is 14.2 Å². The molecule has 156 valence electrons. The molecule has 0 spiro atoms. The number of rotatable bonds is 8. The summed E-state index contributed by atoms with van der Waals surface area (Å²) in [5, 5.41) is 11.9. The molecule has 29 heavy (non-hydrogen) atoms. The second-order valence-electron chi connectivity index (χ2n) is 7.46. The molecular weight excluding hydrogens is 374 g/mol. The Morgan fingerprint density at radius 2 is 1.66 bits per heavy atom. The summed E-state index contributed by atoms with van der Waals surface area (Å²) in [6.07, 6.45) is -1.72. The van der Waals surface area contributed by atoms with E-state index in [0.29, 0.717) is 17.9 Å². The quantitative estimate of drug-likeness (QED) is 0.696. The van der Waals surface area contributed by atoms with Crippen molar-refractivity contribution >= 4 is 12.1 Å². The minimum Gasteiger partial charge on any atom is -0.489 e. The van der Waals surface area contributed by atoms with Gasteiger partial charge in [-0.05, 0) is 44.0 Å². The number of hydrogen-bond acceptors (Lipinski definition) is 5. The summed E-state index contributed by atoms with van der Waals surface area (Å²) in [4.78, 5) is 23.8. The number of carbonyl (C=O) groups excluding carboxylic acids is 1. The maximum Gasteiger partial charge on any atom is 0.408 e. The zero-order valence-corrected chi connectivity index (χ0v) is 17.0. The van der Waals surface area contributed by atoms with Gasteiger partial charge in [0.25, 0.3) is 0 Å². The molecule has 0 aliphatic rings. The molecule has 7 nitrogen and oxygen atoms in total. The summed E-state index contributed by atoms with van der Waals surface area (Å²) in [5.41, 5.74) is 0.884. The van der Waals surface area contributed by atoms with E-state index >= 15 is 0 Å². The maximum atomic E-state index is 12.0. The molecule has 0 heterocycles. The molecule has 0 fully saturated rings. The van der Waals surface area contributed by atoms with Crippen LogP contribution in [-0.2, 0) is 20.9 Å². The van der Waals surface area contributed by atoms with Gasteiger partial charge in [0, 0.05) is 7.11 Å². The summed E-state index contributed by atoms with van der Waals surface area (Å²) < 4.78 is 16.3. The van der Waals surface area contributed by atoms with Crippen molar-refractivity contribution in [3.8, 4) is 5.75 Å². The van der Waals surface area contributed by atoms with Gasteiger partial charge in [0.1, 0.15) is 24.1 Å². The first-order valence-electron chi connectivity index (χ1n) is 9.21. The van der Waals surface area contributed by atoms with Crippen LogP contribution >= 0.6 is 0 Å². The molecule has 0 saturated heterocycles. The molecule has 2 rings (SSSR count). The Hall–Kier alpha value is -3.06. The van der Waals surface area contributed by atoms with Crippen LogP contribution in [0.1, 0.15) is 38.0 Å². The predicted octanol–water partition coefficient (Wildman–Crippen LogP) is 3.93. The van der Waals surface area contributed by atoms with E-state index in [9.17, 15) is 14.7 Å². The second-order valence-corrected chi connectivity index (χ2v) is 7.46. The van der Waals surface area contributed by atoms with E-state index in [1.54, 1.807) is 45.0 Å². The minimum atomic E-state index is -1.31. The number of hydrogen-bond donors (Lipinski definition) is 2. The van der Waals surface area contributed by atoms with Gasteiger partial charge in [0.2, 0.25) is 0 Å². The highest BCUT2D eigenvalue weighted by molar-refractivity contribution is 5.81. The van der Waals surface area contributed by atoms with Gasteiger partial charge in [0.15, 0.2) is 6.04 Å². The third-order valence-electron chi connectivity index (χ3n) is 3.95. The van der Waals surface area contributed by atoms with E-state index in [1.807, 2.05) is 30.3 Å². The zero-order valence-electron chi connectivity index (χ0n) is 17.0. The summed E-state index contributed by atoms with van der Waals surface area (Å²) in [6, 6.07) is 15.3. The third kappa shape index (κ3) is 7.12. The van der Waals surface area contributed by atoms with Gasteiger partial charge in [-0.1, -0.05) is 42.5 Å². The van der Waals surface area contributed by atoms with Gasteiger partial charge in [-0.2, -0.15) is 0 Å². The standard InChI is InChI=1S/C22H27NO6/c1-22(2,3)29-21(26)23-18(20(24)25)19(27-4)16-10-12-17(13-11-16)28-14-15-8-6-5-7-9-15/h5-13,18-19H,14H2,1-4H3,(H,23,26)(H,24,25)/t18-,19+/m1/s1. The lowest BCUT2D eigenvalue weighted by atomic mass is 10.0. The number of nitrogens with one attached hydrogen (secondary N) is 1. The van der Waals surface area contributed by atoms with Crippen LogP contribution in [0.4, 0.5) is 4.79 Å². The summed E-state index contributed by atoms with van der Waals surface area (Å²) in [7, 11) is 1.39. The van der Waals surface area contributed by atoms with Crippen molar-refractivity contribution in [2.24, 2.45) is 0 Å². The largest absolute Gasteiger partial charge is 0.489 e. The van der Waals surface area contributed by atoms with Crippen LogP contribution < -0.4 is 10.1 Å². The van der Waals surface area contributed by atoms with Gasteiger partial charge in [-0.15, -0.1) is 0 Å². The Kier molecular flexibility index (Phi) is 7.61. The average molecular weight is 401 g/mol. The highest BCUT2D eigenvalue weighted by Gasteiger charge is 2.32. The summed E-state index contributed by atoms with van der Waals surface area (Å²) >= 11 is 0. The van der Waals surface area contributed by atoms with Gasteiger partial charge >= 0.3 is 12.1 Å². The van der Waals surface area contributed by atoms with Crippen LogP contribution in [0.3, 0.4) is 0 Å². The highest BCUT2D eigenvalue weighted by atomic mass is 16.6. The van der Waals surface area contributed by atoms with E-state index in [0.717, 1.165) is 5.56 Å². The number of carbonyl (C=O) groups is 2. The molecule has 0 aromatic heterocycles. The lowest BCUT2D eigenvalue weighted by molar-refractivity contribution is -0.143. The molecule has 2 N–H and O–H groups in total. The van der Waals surface area contributed by atoms with Crippen LogP contribution in [-0.4, -0.2) is 35.9 Å².